The molecule has 1 aromatic carbocycles. The molecule has 25 heavy (non-hydrogen) atoms. The topological polar surface area (TPSA) is 64.1 Å². The molecular weight excluding hydrogens is 381 g/mol. The molecule has 0 unspecified atom stereocenters. The Morgan fingerprint density at radius 2 is 1.96 bits per heavy atom. The van der Waals surface area contributed by atoms with Crippen molar-refractivity contribution in [2.75, 3.05) is 12.4 Å². The van der Waals surface area contributed by atoms with Gasteiger partial charge in [-0.15, -0.1) is 11.3 Å². The molecule has 1 N–H and O–H groups in total. The van der Waals surface area contributed by atoms with Crippen LogP contribution in [0.4, 0.5) is 5.13 Å². The van der Waals surface area contributed by atoms with E-state index >= 15 is 0 Å². The Balaban J connectivity index is 1.81. The molecule has 3 rings (SSSR count). The average molecular weight is 394 g/mol. The highest BCUT2D eigenvalue weighted by Crippen LogP contribution is 2.31. The number of halogens is 2. The van der Waals surface area contributed by atoms with E-state index in [2.05, 4.69) is 15.3 Å². The van der Waals surface area contributed by atoms with E-state index in [9.17, 15) is 4.79 Å². The number of thiazole rings is 1. The van der Waals surface area contributed by atoms with Crippen LogP contribution >= 0.6 is 34.5 Å². The van der Waals surface area contributed by atoms with Gasteiger partial charge in [0, 0.05) is 16.6 Å². The molecule has 0 fully saturated rings. The summed E-state index contributed by atoms with van der Waals surface area (Å²) in [5.74, 6) is 0.429. The van der Waals surface area contributed by atoms with Crippen LogP contribution in [0.3, 0.4) is 0 Å². The molecular formula is C17H13Cl2N3O2S. The molecule has 5 nitrogen and oxygen atoms in total. The fourth-order valence-electron chi connectivity index (χ4n) is 2.18. The number of anilines is 1. The fraction of sp³-hybridized carbons (Fsp3) is 0.118. The SMILES string of the molecule is COc1ccc(-c2nc(NC(=O)c3cnc(Cl)c(Cl)c3)sc2C)cc1. The number of amides is 1. The highest BCUT2D eigenvalue weighted by atomic mass is 35.5. The summed E-state index contributed by atoms with van der Waals surface area (Å²) in [6.45, 7) is 1.95. The Hall–Kier alpha value is -2.15. The molecule has 0 bridgehead atoms. The van der Waals surface area contributed by atoms with Crippen molar-refractivity contribution in [1.82, 2.24) is 9.97 Å². The number of benzene rings is 1. The lowest BCUT2D eigenvalue weighted by molar-refractivity contribution is 0.102. The summed E-state index contributed by atoms with van der Waals surface area (Å²) in [5.41, 5.74) is 2.08. The van der Waals surface area contributed by atoms with Gasteiger partial charge in [-0.3, -0.25) is 10.1 Å². The van der Waals surface area contributed by atoms with E-state index in [0.29, 0.717) is 10.7 Å². The van der Waals surface area contributed by atoms with Gasteiger partial charge < -0.3 is 4.74 Å². The van der Waals surface area contributed by atoms with Gasteiger partial charge in [-0.2, -0.15) is 0 Å². The molecule has 2 heterocycles. The third-order valence-corrected chi connectivity index (χ3v) is 5.01. The van der Waals surface area contributed by atoms with Gasteiger partial charge in [0.05, 0.1) is 23.4 Å². The third-order valence-electron chi connectivity index (χ3n) is 3.44. The van der Waals surface area contributed by atoms with E-state index in [0.717, 1.165) is 21.9 Å². The van der Waals surface area contributed by atoms with Crippen LogP contribution < -0.4 is 10.1 Å². The van der Waals surface area contributed by atoms with Crippen molar-refractivity contribution in [3.8, 4) is 17.0 Å². The molecule has 8 heteroatoms. The van der Waals surface area contributed by atoms with Crippen molar-refractivity contribution in [2.24, 2.45) is 0 Å². The van der Waals surface area contributed by atoms with E-state index in [-0.39, 0.29) is 16.1 Å². The first kappa shape index (κ1) is 17.7. The molecule has 0 radical (unpaired) electrons. The summed E-state index contributed by atoms with van der Waals surface area (Å²) in [6, 6.07) is 9.06. The molecule has 0 spiro atoms. The summed E-state index contributed by atoms with van der Waals surface area (Å²) in [4.78, 5) is 21.7. The Bertz CT molecular complexity index is 926. The van der Waals surface area contributed by atoms with Gasteiger partial charge in [-0.1, -0.05) is 23.2 Å². The smallest absolute Gasteiger partial charge is 0.259 e. The molecule has 3 aromatic rings. The van der Waals surface area contributed by atoms with Crippen LogP contribution in [0, 0.1) is 6.92 Å². The van der Waals surface area contributed by atoms with Crippen LogP contribution in [0.15, 0.2) is 36.5 Å². The first-order chi connectivity index (χ1) is 12.0. The highest BCUT2D eigenvalue weighted by molar-refractivity contribution is 7.16. The molecule has 128 valence electrons. The largest absolute Gasteiger partial charge is 0.497 e. The Kier molecular flexibility index (Phi) is 5.22. The Morgan fingerprint density at radius 3 is 2.60 bits per heavy atom. The van der Waals surface area contributed by atoms with E-state index in [1.165, 1.54) is 23.6 Å². The number of nitrogens with one attached hydrogen (secondary N) is 1. The molecule has 1 amide bonds. The van der Waals surface area contributed by atoms with Crippen molar-refractivity contribution in [3.63, 3.8) is 0 Å². The van der Waals surface area contributed by atoms with Gasteiger partial charge in [-0.05, 0) is 37.3 Å². The number of rotatable bonds is 4. The molecule has 0 saturated heterocycles. The number of ether oxygens (including phenoxy) is 1. The van der Waals surface area contributed by atoms with Crippen LogP contribution in [0.2, 0.25) is 10.2 Å². The lowest BCUT2D eigenvalue weighted by Gasteiger charge is -2.03. The van der Waals surface area contributed by atoms with E-state index in [1.54, 1.807) is 7.11 Å². The van der Waals surface area contributed by atoms with Crippen molar-refractivity contribution in [1.29, 1.82) is 0 Å². The molecule has 0 aliphatic carbocycles. The highest BCUT2D eigenvalue weighted by Gasteiger charge is 2.14. The average Bonchev–Trinajstić information content (AvgIpc) is 2.97. The normalized spacial score (nSPS) is 10.6. The second-order valence-corrected chi connectivity index (χ2v) is 7.07. The summed E-state index contributed by atoms with van der Waals surface area (Å²) >= 11 is 13.1. The molecule has 0 saturated carbocycles. The monoisotopic (exact) mass is 393 g/mol. The van der Waals surface area contributed by atoms with Gasteiger partial charge in [-0.25, -0.2) is 9.97 Å². The summed E-state index contributed by atoms with van der Waals surface area (Å²) in [6.07, 6.45) is 1.37. The van der Waals surface area contributed by atoms with Crippen LogP contribution in [0.25, 0.3) is 11.3 Å². The number of carbonyl (C=O) groups excluding carboxylic acids is 1. The van der Waals surface area contributed by atoms with Crippen molar-refractivity contribution in [3.05, 3.63) is 57.1 Å². The first-order valence-corrected chi connectivity index (χ1v) is 8.79. The number of methoxy groups -OCH3 is 1. The van der Waals surface area contributed by atoms with E-state index in [1.807, 2.05) is 31.2 Å². The van der Waals surface area contributed by atoms with Crippen molar-refractivity contribution >= 4 is 45.6 Å². The second kappa shape index (κ2) is 7.39. The van der Waals surface area contributed by atoms with Gasteiger partial charge in [0.25, 0.3) is 5.91 Å². The van der Waals surface area contributed by atoms with Crippen LogP contribution in [-0.4, -0.2) is 23.0 Å². The molecule has 0 aliphatic heterocycles. The number of hydrogen-bond acceptors (Lipinski definition) is 5. The van der Waals surface area contributed by atoms with Crippen molar-refractivity contribution < 1.29 is 9.53 Å². The van der Waals surface area contributed by atoms with Crippen molar-refractivity contribution in [2.45, 2.75) is 6.92 Å². The van der Waals surface area contributed by atoms with Crippen LogP contribution in [-0.2, 0) is 0 Å². The Morgan fingerprint density at radius 1 is 1.24 bits per heavy atom. The Labute approximate surface area is 158 Å². The molecule has 2 aromatic heterocycles. The van der Waals surface area contributed by atoms with Gasteiger partial charge in [0.2, 0.25) is 0 Å². The maximum Gasteiger partial charge on any atom is 0.259 e. The lowest BCUT2D eigenvalue weighted by Crippen LogP contribution is -2.12. The maximum absolute atomic E-state index is 12.3. The number of carbonyl (C=O) groups is 1. The molecule has 0 atom stereocenters. The maximum atomic E-state index is 12.3. The number of pyridine rings is 1. The third kappa shape index (κ3) is 3.92. The van der Waals surface area contributed by atoms with Crippen LogP contribution in [0.5, 0.6) is 5.75 Å². The minimum Gasteiger partial charge on any atom is -0.497 e. The summed E-state index contributed by atoms with van der Waals surface area (Å²) < 4.78 is 5.16. The standard InChI is InChI=1S/C17H13Cl2N3O2S/c1-9-14(10-3-5-12(24-2)6-4-10)21-17(25-9)22-16(23)11-7-13(18)15(19)20-8-11/h3-8H,1-2H3,(H,21,22,23). The number of aromatic nitrogens is 2. The number of aryl methyl sites for hydroxylation is 1. The zero-order chi connectivity index (χ0) is 18.0. The van der Waals surface area contributed by atoms with Gasteiger partial charge >= 0.3 is 0 Å². The lowest BCUT2D eigenvalue weighted by atomic mass is 10.1. The predicted octanol–water partition coefficient (Wildman–Crippen LogP) is 5.08. The molecule has 0 aliphatic rings. The quantitative estimate of drug-likeness (QED) is 0.627. The first-order valence-electron chi connectivity index (χ1n) is 7.22. The van der Waals surface area contributed by atoms with Crippen LogP contribution in [0.1, 0.15) is 15.2 Å². The van der Waals surface area contributed by atoms with E-state index < -0.39 is 0 Å². The second-order valence-electron chi connectivity index (χ2n) is 5.10. The number of nitrogens with zero attached hydrogens (tertiary/aromatic N) is 2. The minimum absolute atomic E-state index is 0.158. The summed E-state index contributed by atoms with van der Waals surface area (Å²) in [5, 5.41) is 3.64. The van der Waals surface area contributed by atoms with Gasteiger partial charge in [0.15, 0.2) is 5.13 Å². The zero-order valence-corrected chi connectivity index (χ0v) is 15.7. The van der Waals surface area contributed by atoms with Gasteiger partial charge in [0.1, 0.15) is 10.9 Å². The van der Waals surface area contributed by atoms with E-state index in [4.69, 9.17) is 27.9 Å². The summed E-state index contributed by atoms with van der Waals surface area (Å²) in [7, 11) is 1.62. The minimum atomic E-state index is -0.346. The predicted molar refractivity (Wildman–Crippen MR) is 101 cm³/mol. The fourth-order valence-corrected chi connectivity index (χ4v) is 3.28. The number of hydrogen-bond donors (Lipinski definition) is 1. The zero-order valence-electron chi connectivity index (χ0n) is 13.3.